The maximum atomic E-state index is 9.18. The number of halogens is 1. The van der Waals surface area contributed by atoms with Crippen LogP contribution in [0.2, 0.25) is 0 Å². The molecule has 0 heterocycles. The highest BCUT2D eigenvalue weighted by atomic mass is 79.9. The van der Waals surface area contributed by atoms with Gasteiger partial charge in [-0.1, -0.05) is 15.9 Å². The molecule has 0 saturated heterocycles. The lowest BCUT2D eigenvalue weighted by Gasteiger charge is -2.10. The minimum atomic E-state index is 0.224. The van der Waals surface area contributed by atoms with Crippen LogP contribution in [-0.2, 0) is 6.61 Å². The smallest absolute Gasteiger partial charge is 0.125 e. The van der Waals surface area contributed by atoms with Crippen LogP contribution in [0.5, 0.6) is 17.2 Å². The number of hydrogen-bond donors (Lipinski definition) is 1. The molecule has 0 bridgehead atoms. The van der Waals surface area contributed by atoms with Crippen molar-refractivity contribution in [2.45, 2.75) is 6.61 Å². The van der Waals surface area contributed by atoms with Gasteiger partial charge in [-0.15, -0.1) is 0 Å². The van der Waals surface area contributed by atoms with Gasteiger partial charge in [0, 0.05) is 10.0 Å². The number of aromatic hydroxyl groups is 1. The van der Waals surface area contributed by atoms with E-state index in [2.05, 4.69) is 15.9 Å². The van der Waals surface area contributed by atoms with Gasteiger partial charge in [0.25, 0.3) is 0 Å². The molecule has 0 radical (unpaired) electrons. The molecule has 0 aliphatic carbocycles. The third-order valence-electron chi connectivity index (χ3n) is 2.47. The molecular weight excluding hydrogens is 296 g/mol. The zero-order chi connectivity index (χ0) is 13.0. The van der Waals surface area contributed by atoms with Crippen molar-refractivity contribution in [1.82, 2.24) is 0 Å². The van der Waals surface area contributed by atoms with E-state index < -0.39 is 0 Å². The van der Waals surface area contributed by atoms with Crippen LogP contribution in [0.15, 0.2) is 46.9 Å². The molecule has 1 N–H and O–H groups in total. The van der Waals surface area contributed by atoms with Crippen LogP contribution in [0, 0.1) is 0 Å². The molecule has 0 aliphatic rings. The Labute approximate surface area is 114 Å². The number of phenolic OH excluding ortho intramolecular Hbond substituents is 1. The molecule has 3 nitrogen and oxygen atoms in total. The molecule has 18 heavy (non-hydrogen) atoms. The molecule has 2 aromatic carbocycles. The lowest BCUT2D eigenvalue weighted by atomic mass is 10.2. The molecular formula is C14H13BrO3. The van der Waals surface area contributed by atoms with Gasteiger partial charge in [0.05, 0.1) is 7.11 Å². The molecule has 0 spiro atoms. The summed E-state index contributed by atoms with van der Waals surface area (Å²) < 4.78 is 11.9. The van der Waals surface area contributed by atoms with E-state index in [-0.39, 0.29) is 5.75 Å². The Balaban J connectivity index is 2.09. The van der Waals surface area contributed by atoms with Gasteiger partial charge in [-0.2, -0.15) is 0 Å². The fourth-order valence-corrected chi connectivity index (χ4v) is 1.97. The summed E-state index contributed by atoms with van der Waals surface area (Å²) in [5.74, 6) is 1.72. The third-order valence-corrected chi connectivity index (χ3v) is 2.97. The van der Waals surface area contributed by atoms with Gasteiger partial charge in [-0.3, -0.25) is 0 Å². The monoisotopic (exact) mass is 308 g/mol. The average Bonchev–Trinajstić information content (AvgIpc) is 2.38. The third kappa shape index (κ3) is 3.17. The highest BCUT2D eigenvalue weighted by molar-refractivity contribution is 9.10. The molecule has 0 saturated carbocycles. The van der Waals surface area contributed by atoms with Crippen LogP contribution in [-0.4, -0.2) is 12.2 Å². The average molecular weight is 309 g/mol. The fourth-order valence-electron chi connectivity index (χ4n) is 1.56. The van der Waals surface area contributed by atoms with Gasteiger partial charge in [0.15, 0.2) is 0 Å². The van der Waals surface area contributed by atoms with E-state index in [4.69, 9.17) is 9.47 Å². The maximum Gasteiger partial charge on any atom is 0.125 e. The van der Waals surface area contributed by atoms with Crippen molar-refractivity contribution in [3.63, 3.8) is 0 Å². The van der Waals surface area contributed by atoms with Crippen LogP contribution in [0.4, 0.5) is 0 Å². The van der Waals surface area contributed by atoms with Crippen molar-refractivity contribution in [3.05, 3.63) is 52.5 Å². The second-order valence-electron chi connectivity index (χ2n) is 3.74. The maximum absolute atomic E-state index is 9.18. The number of hydrogen-bond acceptors (Lipinski definition) is 3. The molecule has 0 atom stereocenters. The van der Waals surface area contributed by atoms with Crippen molar-refractivity contribution in [1.29, 1.82) is 0 Å². The van der Waals surface area contributed by atoms with Crippen LogP contribution in [0.25, 0.3) is 0 Å². The van der Waals surface area contributed by atoms with Crippen molar-refractivity contribution >= 4 is 15.9 Å². The van der Waals surface area contributed by atoms with E-state index in [1.165, 1.54) is 0 Å². The van der Waals surface area contributed by atoms with Gasteiger partial charge in [0.2, 0.25) is 0 Å². The second kappa shape index (κ2) is 5.78. The largest absolute Gasteiger partial charge is 0.508 e. The first kappa shape index (κ1) is 12.8. The van der Waals surface area contributed by atoms with Gasteiger partial charge in [-0.05, 0) is 42.5 Å². The van der Waals surface area contributed by atoms with E-state index in [1.807, 2.05) is 18.2 Å². The first-order chi connectivity index (χ1) is 8.69. The molecule has 2 aromatic rings. The minimum Gasteiger partial charge on any atom is -0.508 e. The Kier molecular flexibility index (Phi) is 4.10. The first-order valence-electron chi connectivity index (χ1n) is 5.43. The van der Waals surface area contributed by atoms with Crippen molar-refractivity contribution in [2.24, 2.45) is 0 Å². The standard InChI is InChI=1S/C14H13BrO3/c1-17-14-7-2-11(15)8-10(14)9-18-13-5-3-12(16)4-6-13/h2-8,16H,9H2,1H3. The molecule has 94 valence electrons. The van der Waals surface area contributed by atoms with E-state index in [1.54, 1.807) is 31.4 Å². The highest BCUT2D eigenvalue weighted by Gasteiger charge is 2.04. The molecule has 4 heteroatoms. The van der Waals surface area contributed by atoms with Crippen molar-refractivity contribution in [3.8, 4) is 17.2 Å². The van der Waals surface area contributed by atoms with Crippen molar-refractivity contribution < 1.29 is 14.6 Å². The fraction of sp³-hybridized carbons (Fsp3) is 0.143. The summed E-state index contributed by atoms with van der Waals surface area (Å²) in [6.07, 6.45) is 0. The van der Waals surface area contributed by atoms with E-state index in [9.17, 15) is 5.11 Å². The predicted octanol–water partition coefficient (Wildman–Crippen LogP) is 3.74. The van der Waals surface area contributed by atoms with E-state index >= 15 is 0 Å². The molecule has 0 unspecified atom stereocenters. The van der Waals surface area contributed by atoms with E-state index in [0.717, 1.165) is 15.8 Å². The van der Waals surface area contributed by atoms with Crippen LogP contribution < -0.4 is 9.47 Å². The molecule has 2 rings (SSSR count). The summed E-state index contributed by atoms with van der Waals surface area (Å²) in [5, 5.41) is 9.18. The van der Waals surface area contributed by atoms with Crippen LogP contribution in [0.1, 0.15) is 5.56 Å². The summed E-state index contributed by atoms with van der Waals surface area (Å²) in [6.45, 7) is 0.410. The Hall–Kier alpha value is -1.68. The van der Waals surface area contributed by atoms with Crippen LogP contribution >= 0.6 is 15.9 Å². The second-order valence-corrected chi connectivity index (χ2v) is 4.65. The molecule has 0 fully saturated rings. The molecule has 0 amide bonds. The van der Waals surface area contributed by atoms with Gasteiger partial charge < -0.3 is 14.6 Å². The molecule has 0 aromatic heterocycles. The predicted molar refractivity (Wildman–Crippen MR) is 73.1 cm³/mol. The number of phenols is 1. The topological polar surface area (TPSA) is 38.7 Å². The summed E-state index contributed by atoms with van der Waals surface area (Å²) in [5.41, 5.74) is 0.958. The summed E-state index contributed by atoms with van der Waals surface area (Å²) in [6, 6.07) is 12.4. The van der Waals surface area contributed by atoms with E-state index in [0.29, 0.717) is 12.4 Å². The van der Waals surface area contributed by atoms with Gasteiger partial charge in [-0.25, -0.2) is 0 Å². The Morgan fingerprint density at radius 3 is 2.50 bits per heavy atom. The number of methoxy groups -OCH3 is 1. The first-order valence-corrected chi connectivity index (χ1v) is 6.22. The summed E-state index contributed by atoms with van der Waals surface area (Å²) in [7, 11) is 1.63. The van der Waals surface area contributed by atoms with Crippen LogP contribution in [0.3, 0.4) is 0 Å². The van der Waals surface area contributed by atoms with Gasteiger partial charge >= 0.3 is 0 Å². The SMILES string of the molecule is COc1ccc(Br)cc1COc1ccc(O)cc1. The zero-order valence-corrected chi connectivity index (χ0v) is 11.5. The normalized spacial score (nSPS) is 10.1. The summed E-state index contributed by atoms with van der Waals surface area (Å²) >= 11 is 3.42. The van der Waals surface area contributed by atoms with Gasteiger partial charge in [0.1, 0.15) is 23.9 Å². The highest BCUT2D eigenvalue weighted by Crippen LogP contribution is 2.25. The Bertz CT molecular complexity index is 523. The lowest BCUT2D eigenvalue weighted by Crippen LogP contribution is -1.98. The lowest BCUT2D eigenvalue weighted by molar-refractivity contribution is 0.296. The number of benzene rings is 2. The quantitative estimate of drug-likeness (QED) is 0.935. The zero-order valence-electron chi connectivity index (χ0n) is 9.89. The number of ether oxygens (including phenoxy) is 2. The Morgan fingerprint density at radius 2 is 1.83 bits per heavy atom. The number of rotatable bonds is 4. The van der Waals surface area contributed by atoms with Crippen molar-refractivity contribution in [2.75, 3.05) is 7.11 Å². The molecule has 0 aliphatic heterocycles. The minimum absolute atomic E-state index is 0.224. The Morgan fingerprint density at radius 1 is 1.11 bits per heavy atom. The summed E-state index contributed by atoms with van der Waals surface area (Å²) in [4.78, 5) is 0.